The fourth-order valence-electron chi connectivity index (χ4n) is 2.32. The van der Waals surface area contributed by atoms with E-state index in [4.69, 9.17) is 9.47 Å². The fourth-order valence-corrected chi connectivity index (χ4v) is 2.32. The van der Waals surface area contributed by atoms with Crippen LogP contribution in [0.1, 0.15) is 54.4 Å². The number of nitrogens with one attached hydrogen (secondary N) is 2. The van der Waals surface area contributed by atoms with E-state index in [1.54, 1.807) is 12.2 Å². The molecule has 0 aromatic heterocycles. The lowest BCUT2D eigenvalue weighted by Gasteiger charge is -2.29. The van der Waals surface area contributed by atoms with Crippen molar-refractivity contribution in [1.29, 1.82) is 0 Å². The van der Waals surface area contributed by atoms with Crippen molar-refractivity contribution in [3.8, 4) is 0 Å². The van der Waals surface area contributed by atoms with Crippen LogP contribution < -0.4 is 10.6 Å². The second-order valence-corrected chi connectivity index (χ2v) is 8.63. The summed E-state index contributed by atoms with van der Waals surface area (Å²) in [5.41, 5.74) is -0.922. The van der Waals surface area contributed by atoms with Gasteiger partial charge in [-0.2, -0.15) is 0 Å². The lowest BCUT2D eigenvalue weighted by atomic mass is 9.97. The van der Waals surface area contributed by atoms with Crippen molar-refractivity contribution >= 4 is 12.2 Å². The van der Waals surface area contributed by atoms with Gasteiger partial charge >= 0.3 is 12.2 Å². The van der Waals surface area contributed by atoms with Crippen LogP contribution in [0.3, 0.4) is 0 Å². The molecule has 0 aromatic rings. The van der Waals surface area contributed by atoms with E-state index in [0.29, 0.717) is 0 Å². The molecule has 4 atom stereocenters. The molecule has 1 aliphatic carbocycles. The first kappa shape index (κ1) is 22.2. The van der Waals surface area contributed by atoms with E-state index in [0.717, 1.165) is 0 Å². The smallest absolute Gasteiger partial charge is 0.408 e. The van der Waals surface area contributed by atoms with Gasteiger partial charge in [-0.15, -0.1) is 0 Å². The molecule has 0 saturated carbocycles. The third-order valence-electron chi connectivity index (χ3n) is 3.40. The Labute approximate surface area is 154 Å². The molecule has 2 amide bonds. The average Bonchev–Trinajstić information content (AvgIpc) is 2.38. The van der Waals surface area contributed by atoms with Crippen LogP contribution in [0.2, 0.25) is 0 Å². The Morgan fingerprint density at radius 1 is 0.808 bits per heavy atom. The Balaban J connectivity index is 2.77. The summed E-state index contributed by atoms with van der Waals surface area (Å²) in [6.45, 7) is 10.9. The number of rotatable bonds is 2. The minimum absolute atomic E-state index is 0.0517. The van der Waals surface area contributed by atoms with Gasteiger partial charge in [-0.25, -0.2) is 9.59 Å². The van der Waals surface area contributed by atoms with Crippen molar-refractivity contribution in [1.82, 2.24) is 10.6 Å². The fraction of sp³-hybridized carbons (Fsp3) is 0.778. The summed E-state index contributed by atoms with van der Waals surface area (Å²) in [6, 6.07) is 0. The molecule has 0 fully saturated rings. The van der Waals surface area contributed by atoms with E-state index in [-0.39, 0.29) is 12.8 Å². The SMILES string of the molecule is CC(C)(C)NC(=O)OC1/C=C/C(OC(=O)NC(C)(C)C)CC(O)C(O)C1. The molecule has 0 bridgehead atoms. The maximum absolute atomic E-state index is 11.9. The Hall–Kier alpha value is -1.80. The van der Waals surface area contributed by atoms with Crippen molar-refractivity contribution < 1.29 is 29.3 Å². The summed E-state index contributed by atoms with van der Waals surface area (Å²) in [7, 11) is 0. The highest BCUT2D eigenvalue weighted by Gasteiger charge is 2.29. The van der Waals surface area contributed by atoms with Gasteiger partial charge in [-0.1, -0.05) is 0 Å². The topological polar surface area (TPSA) is 117 Å². The van der Waals surface area contributed by atoms with Gasteiger partial charge < -0.3 is 30.3 Å². The first-order chi connectivity index (χ1) is 11.7. The van der Waals surface area contributed by atoms with Crippen LogP contribution in [-0.4, -0.2) is 57.9 Å². The molecule has 0 radical (unpaired) electrons. The van der Waals surface area contributed by atoms with Crippen molar-refractivity contribution in [3.63, 3.8) is 0 Å². The number of ether oxygens (including phenoxy) is 2. The molecule has 8 heteroatoms. The van der Waals surface area contributed by atoms with E-state index >= 15 is 0 Å². The second kappa shape index (κ2) is 8.73. The summed E-state index contributed by atoms with van der Waals surface area (Å²) in [5, 5.41) is 25.5. The molecule has 0 aliphatic heterocycles. The molecule has 4 unspecified atom stereocenters. The molecule has 1 rings (SSSR count). The Morgan fingerprint density at radius 2 is 1.12 bits per heavy atom. The second-order valence-electron chi connectivity index (χ2n) is 8.63. The number of hydrogen-bond acceptors (Lipinski definition) is 6. The molecule has 1 aliphatic rings. The number of aliphatic hydroxyl groups is 2. The van der Waals surface area contributed by atoms with Crippen LogP contribution in [0.4, 0.5) is 9.59 Å². The average molecular weight is 372 g/mol. The van der Waals surface area contributed by atoms with Crippen LogP contribution in [0.25, 0.3) is 0 Å². The van der Waals surface area contributed by atoms with Crippen LogP contribution in [0, 0.1) is 0 Å². The van der Waals surface area contributed by atoms with Crippen molar-refractivity contribution in [2.45, 2.75) is 89.9 Å². The molecule has 0 spiro atoms. The molecular formula is C18H32N2O6. The molecule has 0 aromatic carbocycles. The van der Waals surface area contributed by atoms with Gasteiger partial charge in [0.1, 0.15) is 12.2 Å². The molecule has 8 nitrogen and oxygen atoms in total. The quantitative estimate of drug-likeness (QED) is 0.550. The van der Waals surface area contributed by atoms with Gasteiger partial charge in [0.15, 0.2) is 0 Å². The number of hydrogen-bond donors (Lipinski definition) is 4. The van der Waals surface area contributed by atoms with Crippen LogP contribution in [0.5, 0.6) is 0 Å². The van der Waals surface area contributed by atoms with Gasteiger partial charge in [0.25, 0.3) is 0 Å². The van der Waals surface area contributed by atoms with Gasteiger partial charge in [0, 0.05) is 23.9 Å². The zero-order valence-corrected chi connectivity index (χ0v) is 16.4. The summed E-state index contributed by atoms with van der Waals surface area (Å²) in [6.07, 6.45) is -1.74. The van der Waals surface area contributed by atoms with E-state index < -0.39 is 47.7 Å². The van der Waals surface area contributed by atoms with Crippen molar-refractivity contribution in [3.05, 3.63) is 12.2 Å². The van der Waals surface area contributed by atoms with Gasteiger partial charge in [-0.05, 0) is 53.7 Å². The van der Waals surface area contributed by atoms with Crippen LogP contribution in [0.15, 0.2) is 12.2 Å². The first-order valence-electron chi connectivity index (χ1n) is 8.77. The summed E-state index contributed by atoms with van der Waals surface area (Å²) in [4.78, 5) is 23.8. The predicted molar refractivity (Wildman–Crippen MR) is 96.7 cm³/mol. The van der Waals surface area contributed by atoms with Gasteiger partial charge in [0.05, 0.1) is 12.2 Å². The molecule has 26 heavy (non-hydrogen) atoms. The number of carbonyl (C=O) groups is 2. The van der Waals surface area contributed by atoms with Crippen LogP contribution >= 0.6 is 0 Å². The Kier molecular flexibility index (Phi) is 7.46. The Bertz CT molecular complexity index is 475. The van der Waals surface area contributed by atoms with E-state index in [9.17, 15) is 19.8 Å². The van der Waals surface area contributed by atoms with E-state index in [1.165, 1.54) is 0 Å². The third kappa shape index (κ3) is 9.05. The highest BCUT2D eigenvalue weighted by Crippen LogP contribution is 2.19. The number of amides is 2. The molecule has 4 N–H and O–H groups in total. The zero-order valence-electron chi connectivity index (χ0n) is 16.4. The van der Waals surface area contributed by atoms with E-state index in [1.807, 2.05) is 41.5 Å². The minimum Gasteiger partial charge on any atom is -0.442 e. The predicted octanol–water partition coefficient (Wildman–Crippen LogP) is 1.84. The van der Waals surface area contributed by atoms with Crippen molar-refractivity contribution in [2.75, 3.05) is 0 Å². The summed E-state index contributed by atoms with van der Waals surface area (Å²) < 4.78 is 10.6. The molecule has 150 valence electrons. The highest BCUT2D eigenvalue weighted by atomic mass is 16.6. The number of alkyl carbamates (subject to hydrolysis) is 2. The normalized spacial score (nSPS) is 28.3. The van der Waals surface area contributed by atoms with E-state index in [2.05, 4.69) is 10.6 Å². The maximum Gasteiger partial charge on any atom is 0.408 e. The lowest BCUT2D eigenvalue weighted by Crippen LogP contribution is -2.44. The first-order valence-corrected chi connectivity index (χ1v) is 8.77. The van der Waals surface area contributed by atoms with Crippen LogP contribution in [-0.2, 0) is 9.47 Å². The largest absolute Gasteiger partial charge is 0.442 e. The molecule has 0 saturated heterocycles. The molecular weight excluding hydrogens is 340 g/mol. The van der Waals surface area contributed by atoms with Gasteiger partial charge in [-0.3, -0.25) is 0 Å². The third-order valence-corrected chi connectivity index (χ3v) is 3.40. The van der Waals surface area contributed by atoms with Crippen molar-refractivity contribution in [2.24, 2.45) is 0 Å². The maximum atomic E-state index is 11.9. The minimum atomic E-state index is -1.11. The van der Waals surface area contributed by atoms with Gasteiger partial charge in [0.2, 0.25) is 0 Å². The Morgan fingerprint density at radius 3 is 1.38 bits per heavy atom. The monoisotopic (exact) mass is 372 g/mol. The molecule has 0 heterocycles. The zero-order chi connectivity index (χ0) is 20.1. The summed E-state index contributed by atoms with van der Waals surface area (Å²) in [5.74, 6) is 0. The highest BCUT2D eigenvalue weighted by molar-refractivity contribution is 5.69. The number of aliphatic hydroxyl groups excluding tert-OH is 2. The summed E-state index contributed by atoms with van der Waals surface area (Å²) >= 11 is 0. The number of carbonyl (C=O) groups excluding carboxylic acids is 2. The standard InChI is InChI=1S/C18H32N2O6/c1-17(2,3)19-15(23)25-11-7-8-12(10-14(22)13(21)9-11)26-16(24)20-18(4,5)6/h7-8,11-14,21-22H,9-10H2,1-6H3,(H,19,23)(H,20,24)/b8-7+. The lowest BCUT2D eigenvalue weighted by molar-refractivity contribution is -0.0314.